The average molecular weight is 287 g/mol. The molecule has 0 atom stereocenters. The minimum absolute atomic E-state index is 0.0189. The Morgan fingerprint density at radius 3 is 2.62 bits per heavy atom. The van der Waals surface area contributed by atoms with E-state index in [1.807, 2.05) is 31.2 Å². The van der Waals surface area contributed by atoms with Gasteiger partial charge in [0.15, 0.2) is 0 Å². The number of anilines is 1. The Bertz CT molecular complexity index is 499. The van der Waals surface area contributed by atoms with Crippen LogP contribution in [-0.4, -0.2) is 37.0 Å². The molecule has 1 saturated heterocycles. The van der Waals surface area contributed by atoms with Gasteiger partial charge in [-0.25, -0.2) is 0 Å². The van der Waals surface area contributed by atoms with Gasteiger partial charge in [-0.1, -0.05) is 0 Å². The van der Waals surface area contributed by atoms with E-state index in [2.05, 4.69) is 16.3 Å². The van der Waals surface area contributed by atoms with Crippen molar-refractivity contribution in [3.8, 4) is 11.8 Å². The molecule has 1 aliphatic heterocycles. The molecule has 1 aromatic rings. The zero-order chi connectivity index (χ0) is 15.1. The maximum absolute atomic E-state index is 12.0. The van der Waals surface area contributed by atoms with E-state index in [-0.39, 0.29) is 11.8 Å². The summed E-state index contributed by atoms with van der Waals surface area (Å²) in [5.74, 6) is 0.930. The quantitative estimate of drug-likeness (QED) is 0.902. The van der Waals surface area contributed by atoms with Crippen molar-refractivity contribution < 1.29 is 9.53 Å². The van der Waals surface area contributed by atoms with Crippen LogP contribution in [0.15, 0.2) is 24.3 Å². The number of ether oxygens (including phenoxy) is 1. The van der Waals surface area contributed by atoms with Gasteiger partial charge in [0.25, 0.3) is 0 Å². The molecule has 0 radical (unpaired) electrons. The van der Waals surface area contributed by atoms with Crippen LogP contribution in [0.3, 0.4) is 0 Å². The smallest absolute Gasteiger partial charge is 0.238 e. The molecule has 2 rings (SSSR count). The van der Waals surface area contributed by atoms with Crippen LogP contribution in [-0.2, 0) is 4.79 Å². The lowest BCUT2D eigenvalue weighted by atomic mass is 9.99. The number of carbonyl (C=O) groups excluding carboxylic acids is 1. The third-order valence-electron chi connectivity index (χ3n) is 3.59. The van der Waals surface area contributed by atoms with Gasteiger partial charge >= 0.3 is 0 Å². The number of hydrogen-bond donors (Lipinski definition) is 1. The Kier molecular flexibility index (Phi) is 5.59. The lowest BCUT2D eigenvalue weighted by Crippen LogP contribution is -2.39. The first-order chi connectivity index (χ1) is 10.2. The molecule has 21 heavy (non-hydrogen) atoms. The highest BCUT2D eigenvalue weighted by Crippen LogP contribution is 2.17. The maximum atomic E-state index is 12.0. The summed E-state index contributed by atoms with van der Waals surface area (Å²) in [5, 5.41) is 11.7. The topological polar surface area (TPSA) is 65.4 Å². The Balaban J connectivity index is 1.78. The van der Waals surface area contributed by atoms with Gasteiger partial charge < -0.3 is 10.1 Å². The zero-order valence-electron chi connectivity index (χ0n) is 12.3. The van der Waals surface area contributed by atoms with Gasteiger partial charge in [-0.2, -0.15) is 5.26 Å². The summed E-state index contributed by atoms with van der Waals surface area (Å²) in [5.41, 5.74) is 0.773. The Morgan fingerprint density at radius 1 is 1.38 bits per heavy atom. The summed E-state index contributed by atoms with van der Waals surface area (Å²) in [6.45, 7) is 4.57. The fourth-order valence-electron chi connectivity index (χ4n) is 2.42. The van der Waals surface area contributed by atoms with Crippen molar-refractivity contribution in [3.05, 3.63) is 24.3 Å². The van der Waals surface area contributed by atoms with Crippen LogP contribution >= 0.6 is 0 Å². The number of nitrogens with one attached hydrogen (secondary N) is 1. The summed E-state index contributed by atoms with van der Waals surface area (Å²) in [6, 6.07) is 9.66. The SMILES string of the molecule is CCOc1ccc(NC(=O)CN2CCC(C#N)CC2)cc1. The molecule has 112 valence electrons. The van der Waals surface area contributed by atoms with Gasteiger partial charge in [0.2, 0.25) is 5.91 Å². The number of nitrogens with zero attached hydrogens (tertiary/aromatic N) is 2. The van der Waals surface area contributed by atoms with Crippen molar-refractivity contribution >= 4 is 11.6 Å². The molecule has 0 aromatic heterocycles. The number of rotatable bonds is 5. The fraction of sp³-hybridized carbons (Fsp3) is 0.500. The average Bonchev–Trinajstić information content (AvgIpc) is 2.50. The molecule has 0 saturated carbocycles. The van der Waals surface area contributed by atoms with E-state index < -0.39 is 0 Å². The van der Waals surface area contributed by atoms with Crippen molar-refractivity contribution in [1.82, 2.24) is 4.90 Å². The lowest BCUT2D eigenvalue weighted by molar-refractivity contribution is -0.117. The minimum Gasteiger partial charge on any atom is -0.494 e. The minimum atomic E-state index is -0.0189. The number of nitriles is 1. The molecule has 5 nitrogen and oxygen atoms in total. The number of piperidine rings is 1. The summed E-state index contributed by atoms with van der Waals surface area (Å²) < 4.78 is 5.36. The van der Waals surface area contributed by atoms with E-state index in [1.165, 1.54) is 0 Å². The Labute approximate surface area is 125 Å². The normalized spacial score (nSPS) is 16.2. The van der Waals surface area contributed by atoms with E-state index in [0.717, 1.165) is 37.4 Å². The van der Waals surface area contributed by atoms with Crippen LogP contribution < -0.4 is 10.1 Å². The van der Waals surface area contributed by atoms with E-state index in [9.17, 15) is 4.79 Å². The molecule has 0 aliphatic carbocycles. The molecular weight excluding hydrogens is 266 g/mol. The molecular formula is C16H21N3O2. The van der Waals surface area contributed by atoms with Gasteiger partial charge in [0.1, 0.15) is 5.75 Å². The maximum Gasteiger partial charge on any atom is 0.238 e. The number of hydrogen-bond acceptors (Lipinski definition) is 4. The number of benzene rings is 1. The first-order valence-electron chi connectivity index (χ1n) is 7.36. The third-order valence-corrected chi connectivity index (χ3v) is 3.59. The second-order valence-corrected chi connectivity index (χ2v) is 5.19. The second-order valence-electron chi connectivity index (χ2n) is 5.19. The predicted molar refractivity (Wildman–Crippen MR) is 81.0 cm³/mol. The van der Waals surface area contributed by atoms with E-state index in [1.54, 1.807) is 0 Å². The van der Waals surface area contributed by atoms with Crippen LogP contribution in [0.1, 0.15) is 19.8 Å². The zero-order valence-corrected chi connectivity index (χ0v) is 12.3. The molecule has 1 N–H and O–H groups in total. The van der Waals surface area contributed by atoms with Crippen molar-refractivity contribution in [2.45, 2.75) is 19.8 Å². The highest BCUT2D eigenvalue weighted by Gasteiger charge is 2.20. The number of carbonyl (C=O) groups is 1. The Hall–Kier alpha value is -2.06. The van der Waals surface area contributed by atoms with Gasteiger partial charge in [0, 0.05) is 11.6 Å². The second kappa shape index (κ2) is 7.65. The summed E-state index contributed by atoms with van der Waals surface area (Å²) in [4.78, 5) is 14.1. The van der Waals surface area contributed by atoms with E-state index in [0.29, 0.717) is 13.2 Å². The molecule has 1 heterocycles. The summed E-state index contributed by atoms with van der Waals surface area (Å²) in [7, 11) is 0. The highest BCUT2D eigenvalue weighted by atomic mass is 16.5. The van der Waals surface area contributed by atoms with Gasteiger partial charge in [-0.05, 0) is 57.1 Å². The summed E-state index contributed by atoms with van der Waals surface area (Å²) >= 11 is 0. The Morgan fingerprint density at radius 2 is 2.05 bits per heavy atom. The van der Waals surface area contributed by atoms with E-state index >= 15 is 0 Å². The summed E-state index contributed by atoms with van der Waals surface area (Å²) in [6.07, 6.45) is 1.71. The van der Waals surface area contributed by atoms with Gasteiger partial charge in [-0.15, -0.1) is 0 Å². The van der Waals surface area contributed by atoms with Crippen molar-refractivity contribution in [1.29, 1.82) is 5.26 Å². The monoisotopic (exact) mass is 287 g/mol. The number of amides is 1. The van der Waals surface area contributed by atoms with Crippen LogP contribution in [0.5, 0.6) is 5.75 Å². The molecule has 1 aromatic carbocycles. The lowest BCUT2D eigenvalue weighted by Gasteiger charge is -2.28. The van der Waals surface area contributed by atoms with Crippen LogP contribution in [0.4, 0.5) is 5.69 Å². The van der Waals surface area contributed by atoms with Crippen LogP contribution in [0, 0.1) is 17.2 Å². The molecule has 0 spiro atoms. The van der Waals surface area contributed by atoms with Crippen molar-refractivity contribution in [3.63, 3.8) is 0 Å². The van der Waals surface area contributed by atoms with E-state index in [4.69, 9.17) is 10.00 Å². The predicted octanol–water partition coefficient (Wildman–Crippen LogP) is 2.26. The molecule has 5 heteroatoms. The molecule has 1 amide bonds. The first kappa shape index (κ1) is 15.3. The fourth-order valence-corrected chi connectivity index (χ4v) is 2.42. The van der Waals surface area contributed by atoms with Crippen molar-refractivity contribution in [2.24, 2.45) is 5.92 Å². The van der Waals surface area contributed by atoms with Crippen LogP contribution in [0.2, 0.25) is 0 Å². The standard InChI is InChI=1S/C16H21N3O2/c1-2-21-15-5-3-14(4-6-15)18-16(20)12-19-9-7-13(11-17)8-10-19/h3-6,13H,2,7-10,12H2,1H3,(H,18,20). The largest absolute Gasteiger partial charge is 0.494 e. The molecule has 0 unspecified atom stereocenters. The number of likely N-dealkylation sites (tertiary alicyclic amines) is 1. The molecule has 1 fully saturated rings. The molecule has 1 aliphatic rings. The highest BCUT2D eigenvalue weighted by molar-refractivity contribution is 5.92. The first-order valence-corrected chi connectivity index (χ1v) is 7.36. The van der Waals surface area contributed by atoms with Gasteiger partial charge in [0.05, 0.1) is 19.2 Å². The third kappa shape index (κ3) is 4.76. The van der Waals surface area contributed by atoms with Gasteiger partial charge in [-0.3, -0.25) is 9.69 Å². The van der Waals surface area contributed by atoms with Crippen molar-refractivity contribution in [2.75, 3.05) is 31.6 Å². The van der Waals surface area contributed by atoms with Crippen LogP contribution in [0.25, 0.3) is 0 Å². The molecule has 0 bridgehead atoms.